The van der Waals surface area contributed by atoms with Crippen molar-refractivity contribution in [3.05, 3.63) is 46.1 Å². The van der Waals surface area contributed by atoms with Gasteiger partial charge in [-0.3, -0.25) is 9.20 Å². The minimum atomic E-state index is 0.0688. The maximum atomic E-state index is 12.7. The van der Waals surface area contributed by atoms with Crippen LogP contribution in [0.2, 0.25) is 0 Å². The van der Waals surface area contributed by atoms with E-state index in [2.05, 4.69) is 14.6 Å². The molecule has 6 rings (SSSR count). The molecule has 31 heavy (non-hydrogen) atoms. The van der Waals surface area contributed by atoms with Crippen LogP contribution < -0.4 is 4.74 Å². The van der Waals surface area contributed by atoms with Gasteiger partial charge in [0.05, 0.1) is 18.2 Å². The number of hydrogen-bond donors (Lipinski definition) is 0. The van der Waals surface area contributed by atoms with E-state index in [4.69, 9.17) is 9.72 Å². The third-order valence-electron chi connectivity index (χ3n) is 6.14. The Kier molecular flexibility index (Phi) is 4.72. The lowest BCUT2D eigenvalue weighted by Gasteiger charge is -2.11. The largest absolute Gasteiger partial charge is 0.497 e. The molecule has 4 aromatic rings. The van der Waals surface area contributed by atoms with E-state index in [0.717, 1.165) is 52.9 Å². The molecule has 2 aliphatic rings. The first kappa shape index (κ1) is 19.3. The third-order valence-corrected chi connectivity index (χ3v) is 8.26. The van der Waals surface area contributed by atoms with Gasteiger partial charge in [-0.1, -0.05) is 11.8 Å². The number of rotatable bonds is 6. The molecule has 2 aliphatic carbocycles. The van der Waals surface area contributed by atoms with Crippen molar-refractivity contribution in [2.45, 2.75) is 49.6 Å². The number of nitrogens with zero attached hydrogens (tertiary/aromatic N) is 4. The van der Waals surface area contributed by atoms with Crippen LogP contribution in [0.4, 0.5) is 0 Å². The highest BCUT2D eigenvalue weighted by Gasteiger charge is 2.32. The van der Waals surface area contributed by atoms with Crippen molar-refractivity contribution < 1.29 is 9.53 Å². The molecule has 1 saturated carbocycles. The van der Waals surface area contributed by atoms with Gasteiger partial charge < -0.3 is 4.74 Å². The maximum Gasteiger partial charge on any atom is 0.197 e. The van der Waals surface area contributed by atoms with Crippen molar-refractivity contribution in [1.82, 2.24) is 19.6 Å². The fourth-order valence-electron chi connectivity index (χ4n) is 4.35. The smallest absolute Gasteiger partial charge is 0.197 e. The Labute approximate surface area is 188 Å². The van der Waals surface area contributed by atoms with Crippen LogP contribution in [0.3, 0.4) is 0 Å². The maximum absolute atomic E-state index is 12.7. The van der Waals surface area contributed by atoms with Gasteiger partial charge in [0, 0.05) is 16.4 Å². The van der Waals surface area contributed by atoms with E-state index in [1.165, 1.54) is 40.4 Å². The van der Waals surface area contributed by atoms with Crippen molar-refractivity contribution in [2.24, 2.45) is 0 Å². The highest BCUT2D eigenvalue weighted by atomic mass is 32.2. The molecule has 1 fully saturated rings. The molecule has 6 nitrogen and oxygen atoms in total. The van der Waals surface area contributed by atoms with E-state index >= 15 is 0 Å². The number of ketones is 1. The molecule has 0 radical (unpaired) electrons. The minimum Gasteiger partial charge on any atom is -0.497 e. The topological polar surface area (TPSA) is 69.4 Å². The number of benzene rings is 1. The molecule has 1 aromatic carbocycles. The Morgan fingerprint density at radius 2 is 2.00 bits per heavy atom. The van der Waals surface area contributed by atoms with E-state index in [1.54, 1.807) is 7.11 Å². The number of aromatic nitrogens is 4. The number of hydrogen-bond acceptors (Lipinski definition) is 7. The van der Waals surface area contributed by atoms with Gasteiger partial charge in [0.25, 0.3) is 0 Å². The fourth-order valence-corrected chi connectivity index (χ4v) is 6.45. The Morgan fingerprint density at radius 3 is 2.77 bits per heavy atom. The van der Waals surface area contributed by atoms with Crippen molar-refractivity contribution in [3.63, 3.8) is 0 Å². The van der Waals surface area contributed by atoms with Gasteiger partial charge in [-0.2, -0.15) is 0 Å². The van der Waals surface area contributed by atoms with Crippen molar-refractivity contribution >= 4 is 44.7 Å². The van der Waals surface area contributed by atoms with Crippen LogP contribution in [0.25, 0.3) is 15.9 Å². The molecule has 0 saturated heterocycles. The molecule has 8 heteroatoms. The zero-order chi connectivity index (χ0) is 20.9. The summed E-state index contributed by atoms with van der Waals surface area (Å²) in [4.78, 5) is 20.4. The third kappa shape index (κ3) is 3.32. The molecule has 3 heterocycles. The number of aryl methyl sites for hydroxylation is 2. The second-order valence-electron chi connectivity index (χ2n) is 8.22. The van der Waals surface area contributed by atoms with E-state index in [0.29, 0.717) is 17.2 Å². The molecule has 0 unspecified atom stereocenters. The predicted molar refractivity (Wildman–Crippen MR) is 123 cm³/mol. The molecule has 158 valence electrons. The Balaban J connectivity index is 1.37. The highest BCUT2D eigenvalue weighted by molar-refractivity contribution is 7.99. The van der Waals surface area contributed by atoms with E-state index in [1.807, 2.05) is 35.6 Å². The molecule has 0 spiro atoms. The Morgan fingerprint density at radius 1 is 1.19 bits per heavy atom. The van der Waals surface area contributed by atoms with Gasteiger partial charge in [-0.25, -0.2) is 4.98 Å². The fraction of sp³-hybridized carbons (Fsp3) is 0.391. The molecule has 0 aliphatic heterocycles. The number of fused-ring (bicyclic) bond motifs is 5. The first-order valence-electron chi connectivity index (χ1n) is 10.7. The molecular weight excluding hydrogens is 428 g/mol. The second-order valence-corrected chi connectivity index (χ2v) is 10.2. The second kappa shape index (κ2) is 7.60. The summed E-state index contributed by atoms with van der Waals surface area (Å²) in [5.41, 5.74) is 3.02. The summed E-state index contributed by atoms with van der Waals surface area (Å²) in [6, 6.07) is 7.25. The lowest BCUT2D eigenvalue weighted by molar-refractivity contribution is 0.102. The summed E-state index contributed by atoms with van der Waals surface area (Å²) in [5, 5.41) is 11.1. The highest BCUT2D eigenvalue weighted by Crippen LogP contribution is 2.44. The monoisotopic (exact) mass is 450 g/mol. The summed E-state index contributed by atoms with van der Waals surface area (Å²) in [7, 11) is 1.62. The van der Waals surface area contributed by atoms with Crippen LogP contribution in [0.15, 0.2) is 29.4 Å². The van der Waals surface area contributed by atoms with Crippen molar-refractivity contribution in [2.75, 3.05) is 12.9 Å². The number of thiophene rings is 1. The predicted octanol–water partition coefficient (Wildman–Crippen LogP) is 5.08. The Bertz CT molecular complexity index is 1310. The van der Waals surface area contributed by atoms with Crippen molar-refractivity contribution in [3.8, 4) is 5.75 Å². The van der Waals surface area contributed by atoms with E-state index in [9.17, 15) is 4.79 Å². The van der Waals surface area contributed by atoms with Crippen LogP contribution in [0.1, 0.15) is 58.2 Å². The number of carbonyl (C=O) groups excluding carboxylic acids is 1. The van der Waals surface area contributed by atoms with Crippen molar-refractivity contribution in [1.29, 1.82) is 0 Å². The summed E-state index contributed by atoms with van der Waals surface area (Å²) in [6.07, 6.45) is 7.04. The van der Waals surface area contributed by atoms with Crippen LogP contribution in [-0.2, 0) is 12.8 Å². The summed E-state index contributed by atoms with van der Waals surface area (Å²) in [6.45, 7) is 0. The van der Waals surface area contributed by atoms with Crippen LogP contribution >= 0.6 is 23.1 Å². The number of methoxy groups -OCH3 is 1. The summed E-state index contributed by atoms with van der Waals surface area (Å²) in [5.74, 6) is 2.66. The summed E-state index contributed by atoms with van der Waals surface area (Å²) >= 11 is 3.29. The SMILES string of the molecule is COc1ccc(C(=O)CSc2nnc3c4c5c(sc4nc(C4CC4)n23)CCCC5)cc1. The quantitative estimate of drug-likeness (QED) is 0.301. The van der Waals surface area contributed by atoms with E-state index in [-0.39, 0.29) is 5.78 Å². The standard InChI is InChI=1S/C23H22N4O2S2/c1-29-15-10-8-13(9-11-15)17(28)12-30-23-26-25-21-19-16-4-2-3-5-18(16)31-22(19)24-20(27(21)23)14-6-7-14/h8-11,14H,2-7,12H2,1H3. The number of thioether (sulfide) groups is 1. The molecule has 0 atom stereocenters. The molecule has 0 N–H and O–H groups in total. The van der Waals surface area contributed by atoms with Gasteiger partial charge in [-0.15, -0.1) is 21.5 Å². The minimum absolute atomic E-state index is 0.0688. The van der Waals surface area contributed by atoms with Gasteiger partial charge >= 0.3 is 0 Å². The lowest BCUT2D eigenvalue weighted by Crippen LogP contribution is -2.05. The average Bonchev–Trinajstić information content (AvgIpc) is 3.46. The zero-order valence-corrected chi connectivity index (χ0v) is 18.9. The molecule has 0 bridgehead atoms. The number of carbonyl (C=O) groups is 1. The van der Waals surface area contributed by atoms with Crippen LogP contribution in [0, 0.1) is 0 Å². The molecule has 0 amide bonds. The first-order valence-corrected chi connectivity index (χ1v) is 12.5. The lowest BCUT2D eigenvalue weighted by atomic mass is 9.97. The molecule has 3 aromatic heterocycles. The zero-order valence-electron chi connectivity index (χ0n) is 17.3. The van der Waals surface area contributed by atoms with E-state index < -0.39 is 0 Å². The van der Waals surface area contributed by atoms with Gasteiger partial charge in [0.1, 0.15) is 16.4 Å². The molecular formula is C23H22N4O2S2. The number of Topliss-reactive ketones (excluding diaryl/α,β-unsaturated/α-hetero) is 1. The van der Waals surface area contributed by atoms with Crippen LogP contribution in [-0.4, -0.2) is 38.2 Å². The van der Waals surface area contributed by atoms with Gasteiger partial charge in [0.15, 0.2) is 16.6 Å². The van der Waals surface area contributed by atoms with Gasteiger partial charge in [0.2, 0.25) is 0 Å². The average molecular weight is 451 g/mol. The first-order chi connectivity index (χ1) is 15.2. The summed E-state index contributed by atoms with van der Waals surface area (Å²) < 4.78 is 7.31. The van der Waals surface area contributed by atoms with Crippen LogP contribution in [0.5, 0.6) is 5.75 Å². The number of ether oxygens (including phenoxy) is 1. The Hall–Kier alpha value is -2.45. The normalized spacial score (nSPS) is 16.0. The van der Waals surface area contributed by atoms with Gasteiger partial charge in [-0.05, 0) is 68.4 Å².